The first kappa shape index (κ1) is 10.4. The third kappa shape index (κ3) is 2.67. The van der Waals surface area contributed by atoms with Crippen molar-refractivity contribution in [3.05, 3.63) is 11.8 Å². The van der Waals surface area contributed by atoms with Crippen molar-refractivity contribution in [1.29, 1.82) is 0 Å². The van der Waals surface area contributed by atoms with Crippen LogP contribution in [-0.2, 0) is 4.74 Å². The Bertz CT molecular complexity index is 209. The second-order valence-electron chi connectivity index (χ2n) is 4.12. The Hall–Kier alpha value is -0.150. The van der Waals surface area contributed by atoms with E-state index in [2.05, 4.69) is 0 Å². The molecule has 1 atom stereocenters. The van der Waals surface area contributed by atoms with Crippen LogP contribution in [0.3, 0.4) is 0 Å². The zero-order chi connectivity index (χ0) is 9.80. The van der Waals surface area contributed by atoms with Crippen molar-refractivity contribution in [2.75, 3.05) is 18.1 Å². The zero-order valence-electron chi connectivity index (χ0n) is 8.45. The number of hydrogen-bond donors (Lipinski definition) is 1. The molecule has 0 aliphatic carbocycles. The Balaban J connectivity index is 1.77. The van der Waals surface area contributed by atoms with E-state index in [0.29, 0.717) is 0 Å². The van der Waals surface area contributed by atoms with Gasteiger partial charge in [-0.15, -0.1) is 0 Å². The zero-order valence-corrected chi connectivity index (χ0v) is 9.26. The maximum atomic E-state index is 9.95. The fourth-order valence-corrected chi connectivity index (χ4v) is 3.30. The molecule has 1 saturated heterocycles. The molecule has 0 saturated carbocycles. The molecule has 0 bridgehead atoms. The van der Waals surface area contributed by atoms with E-state index in [1.54, 1.807) is 6.26 Å². The normalized spacial score (nSPS) is 25.6. The standard InChI is InChI=1S/C11H18O2S/c12-11(10-1-4-13-8-10)7-9-2-5-14-6-3-9/h8-9,11-12H,1-7H2. The molecule has 0 aromatic rings. The van der Waals surface area contributed by atoms with E-state index >= 15 is 0 Å². The van der Waals surface area contributed by atoms with Crippen LogP contribution in [0.2, 0.25) is 0 Å². The van der Waals surface area contributed by atoms with Gasteiger partial charge in [-0.2, -0.15) is 11.8 Å². The van der Waals surface area contributed by atoms with Crippen molar-refractivity contribution in [3.63, 3.8) is 0 Å². The number of thioether (sulfide) groups is 1. The lowest BCUT2D eigenvalue weighted by atomic mass is 9.92. The highest BCUT2D eigenvalue weighted by molar-refractivity contribution is 7.99. The molecule has 1 fully saturated rings. The minimum absolute atomic E-state index is 0.245. The fraction of sp³-hybridized carbons (Fsp3) is 0.818. The lowest BCUT2D eigenvalue weighted by Gasteiger charge is -2.23. The van der Waals surface area contributed by atoms with E-state index in [4.69, 9.17) is 4.74 Å². The van der Waals surface area contributed by atoms with Gasteiger partial charge >= 0.3 is 0 Å². The molecule has 2 aliphatic heterocycles. The average molecular weight is 214 g/mol. The molecule has 2 nitrogen and oxygen atoms in total. The molecule has 0 amide bonds. The van der Waals surface area contributed by atoms with E-state index in [0.717, 1.165) is 30.9 Å². The highest BCUT2D eigenvalue weighted by Crippen LogP contribution is 2.29. The van der Waals surface area contributed by atoms with Gasteiger partial charge in [0.25, 0.3) is 0 Å². The second-order valence-corrected chi connectivity index (χ2v) is 5.35. The Labute approximate surface area is 89.7 Å². The lowest BCUT2D eigenvalue weighted by Crippen LogP contribution is -2.19. The Kier molecular flexibility index (Phi) is 3.76. The van der Waals surface area contributed by atoms with Crippen LogP contribution in [0.4, 0.5) is 0 Å². The van der Waals surface area contributed by atoms with Gasteiger partial charge in [-0.05, 0) is 42.3 Å². The summed E-state index contributed by atoms with van der Waals surface area (Å²) >= 11 is 2.04. The van der Waals surface area contributed by atoms with Crippen LogP contribution >= 0.6 is 11.8 Å². The van der Waals surface area contributed by atoms with Gasteiger partial charge in [-0.3, -0.25) is 0 Å². The predicted molar refractivity (Wildman–Crippen MR) is 59.3 cm³/mol. The summed E-state index contributed by atoms with van der Waals surface area (Å²) in [5.74, 6) is 3.27. The summed E-state index contributed by atoms with van der Waals surface area (Å²) in [6.07, 6.45) is 5.91. The van der Waals surface area contributed by atoms with Crippen LogP contribution in [0.15, 0.2) is 11.8 Å². The molecule has 0 aromatic carbocycles. The number of hydrogen-bond acceptors (Lipinski definition) is 3. The topological polar surface area (TPSA) is 29.5 Å². The monoisotopic (exact) mass is 214 g/mol. The largest absolute Gasteiger partial charge is 0.501 e. The summed E-state index contributed by atoms with van der Waals surface area (Å²) < 4.78 is 5.14. The van der Waals surface area contributed by atoms with Gasteiger partial charge in [0.2, 0.25) is 0 Å². The van der Waals surface area contributed by atoms with Crippen LogP contribution in [0.5, 0.6) is 0 Å². The third-order valence-electron chi connectivity index (χ3n) is 3.07. The van der Waals surface area contributed by atoms with Crippen LogP contribution < -0.4 is 0 Å². The molecular weight excluding hydrogens is 196 g/mol. The van der Waals surface area contributed by atoms with Gasteiger partial charge < -0.3 is 9.84 Å². The predicted octanol–water partition coefficient (Wildman–Crippen LogP) is 2.18. The Morgan fingerprint density at radius 1 is 1.50 bits per heavy atom. The van der Waals surface area contributed by atoms with Crippen molar-refractivity contribution < 1.29 is 9.84 Å². The summed E-state index contributed by atoms with van der Waals surface area (Å²) in [6, 6.07) is 0. The fourth-order valence-electron chi connectivity index (χ4n) is 2.10. The van der Waals surface area contributed by atoms with E-state index in [-0.39, 0.29) is 6.10 Å². The first-order valence-corrected chi connectivity index (χ1v) is 6.58. The molecule has 14 heavy (non-hydrogen) atoms. The van der Waals surface area contributed by atoms with Crippen molar-refractivity contribution in [1.82, 2.24) is 0 Å². The first-order valence-electron chi connectivity index (χ1n) is 5.42. The highest BCUT2D eigenvalue weighted by Gasteiger charge is 2.21. The lowest BCUT2D eigenvalue weighted by molar-refractivity contribution is 0.170. The summed E-state index contributed by atoms with van der Waals surface area (Å²) in [5, 5.41) is 9.95. The van der Waals surface area contributed by atoms with Crippen molar-refractivity contribution in [3.8, 4) is 0 Å². The van der Waals surface area contributed by atoms with E-state index in [9.17, 15) is 5.11 Å². The second kappa shape index (κ2) is 5.08. The maximum absolute atomic E-state index is 9.95. The van der Waals surface area contributed by atoms with Gasteiger partial charge in [-0.1, -0.05) is 0 Å². The maximum Gasteiger partial charge on any atom is 0.0912 e. The molecular formula is C11H18O2S. The number of rotatable bonds is 3. The van der Waals surface area contributed by atoms with Gasteiger partial charge in [-0.25, -0.2) is 0 Å². The van der Waals surface area contributed by atoms with E-state index in [1.165, 1.54) is 24.3 Å². The number of aliphatic hydroxyl groups is 1. The SMILES string of the molecule is OC(CC1CCSCC1)C1=COCC1. The molecule has 1 N–H and O–H groups in total. The minimum atomic E-state index is -0.245. The van der Waals surface area contributed by atoms with E-state index < -0.39 is 0 Å². The minimum Gasteiger partial charge on any atom is -0.501 e. The van der Waals surface area contributed by atoms with E-state index in [1.807, 2.05) is 11.8 Å². The van der Waals surface area contributed by atoms with Gasteiger partial charge in [0, 0.05) is 6.42 Å². The van der Waals surface area contributed by atoms with Crippen molar-refractivity contribution in [2.24, 2.45) is 5.92 Å². The smallest absolute Gasteiger partial charge is 0.0912 e. The summed E-state index contributed by atoms with van der Waals surface area (Å²) in [4.78, 5) is 0. The van der Waals surface area contributed by atoms with Crippen LogP contribution in [-0.4, -0.2) is 29.3 Å². The Morgan fingerprint density at radius 3 is 2.93 bits per heavy atom. The van der Waals surface area contributed by atoms with Crippen LogP contribution in [0.25, 0.3) is 0 Å². The van der Waals surface area contributed by atoms with Gasteiger partial charge in [0.05, 0.1) is 19.0 Å². The van der Waals surface area contributed by atoms with Crippen LogP contribution in [0.1, 0.15) is 25.7 Å². The highest BCUT2D eigenvalue weighted by atomic mass is 32.2. The van der Waals surface area contributed by atoms with Crippen molar-refractivity contribution >= 4 is 11.8 Å². The molecule has 80 valence electrons. The van der Waals surface area contributed by atoms with Gasteiger partial charge in [0.15, 0.2) is 0 Å². The van der Waals surface area contributed by atoms with Crippen molar-refractivity contribution in [2.45, 2.75) is 31.8 Å². The molecule has 2 rings (SSSR count). The molecule has 3 heteroatoms. The molecule has 2 heterocycles. The molecule has 1 unspecified atom stereocenters. The third-order valence-corrected chi connectivity index (χ3v) is 4.12. The number of aliphatic hydroxyl groups excluding tert-OH is 1. The molecule has 0 aromatic heterocycles. The summed E-state index contributed by atoms with van der Waals surface area (Å²) in [7, 11) is 0. The molecule has 2 aliphatic rings. The molecule has 0 spiro atoms. The Morgan fingerprint density at radius 2 is 2.29 bits per heavy atom. The summed E-state index contributed by atoms with van der Waals surface area (Å²) in [5.41, 5.74) is 1.10. The first-order chi connectivity index (χ1) is 6.86. The quantitative estimate of drug-likeness (QED) is 0.781. The summed E-state index contributed by atoms with van der Waals surface area (Å²) in [6.45, 7) is 0.757. The van der Waals surface area contributed by atoms with Crippen LogP contribution in [0, 0.1) is 5.92 Å². The average Bonchev–Trinajstić information content (AvgIpc) is 2.72. The molecule has 0 radical (unpaired) electrons. The number of ether oxygens (including phenoxy) is 1. The van der Waals surface area contributed by atoms with Gasteiger partial charge in [0.1, 0.15) is 0 Å².